The van der Waals surface area contributed by atoms with Crippen LogP contribution < -0.4 is 15.4 Å². The Balaban J connectivity index is 1.99. The van der Waals surface area contributed by atoms with Gasteiger partial charge in [0.05, 0.1) is 12.8 Å². The van der Waals surface area contributed by atoms with Crippen LogP contribution in [0.15, 0.2) is 18.2 Å². The van der Waals surface area contributed by atoms with E-state index >= 15 is 0 Å². The van der Waals surface area contributed by atoms with Crippen LogP contribution in [0, 0.1) is 12.8 Å². The van der Waals surface area contributed by atoms with Crippen molar-refractivity contribution in [2.24, 2.45) is 5.92 Å². The molecule has 4 heteroatoms. The van der Waals surface area contributed by atoms with Crippen LogP contribution in [0.2, 0.25) is 0 Å². The van der Waals surface area contributed by atoms with Crippen molar-refractivity contribution in [3.8, 4) is 5.75 Å². The van der Waals surface area contributed by atoms with Gasteiger partial charge >= 0.3 is 6.03 Å². The summed E-state index contributed by atoms with van der Waals surface area (Å²) < 4.78 is 5.27. The van der Waals surface area contributed by atoms with Crippen LogP contribution in [0.3, 0.4) is 0 Å². The van der Waals surface area contributed by atoms with Crippen LogP contribution in [-0.4, -0.2) is 19.2 Å². The maximum absolute atomic E-state index is 12.1. The molecule has 1 aromatic carbocycles. The van der Waals surface area contributed by atoms with Crippen molar-refractivity contribution in [1.82, 2.24) is 5.32 Å². The number of aryl methyl sites for hydroxylation is 1. The quantitative estimate of drug-likeness (QED) is 0.884. The molecular weight excluding hydrogens is 252 g/mol. The summed E-state index contributed by atoms with van der Waals surface area (Å²) in [5, 5.41) is 5.98. The molecule has 0 radical (unpaired) electrons. The lowest BCUT2D eigenvalue weighted by molar-refractivity contribution is 0.232. The first-order valence-corrected chi connectivity index (χ1v) is 7.32. The van der Waals surface area contributed by atoms with Crippen molar-refractivity contribution in [3.63, 3.8) is 0 Å². The van der Waals surface area contributed by atoms with Gasteiger partial charge in [0.25, 0.3) is 0 Å². The Morgan fingerprint density at radius 2 is 2.05 bits per heavy atom. The summed E-state index contributed by atoms with van der Waals surface area (Å²) in [6.07, 6.45) is 4.73. The molecule has 0 aromatic heterocycles. The first-order valence-electron chi connectivity index (χ1n) is 7.32. The molecule has 1 aromatic rings. The van der Waals surface area contributed by atoms with Gasteiger partial charge in [0, 0.05) is 6.04 Å². The van der Waals surface area contributed by atoms with Gasteiger partial charge in [-0.15, -0.1) is 0 Å². The molecule has 4 nitrogen and oxygen atoms in total. The molecule has 0 heterocycles. The lowest BCUT2D eigenvalue weighted by Crippen LogP contribution is -2.43. The van der Waals surface area contributed by atoms with E-state index < -0.39 is 0 Å². The molecule has 2 rings (SSSR count). The summed E-state index contributed by atoms with van der Waals surface area (Å²) in [6, 6.07) is 5.88. The Morgan fingerprint density at radius 3 is 2.75 bits per heavy atom. The van der Waals surface area contributed by atoms with E-state index in [1.54, 1.807) is 7.11 Å². The highest BCUT2D eigenvalue weighted by atomic mass is 16.5. The SMILES string of the molecule is COc1ccc(C)cc1NC(=O)N[C@@H]1CCCC[C@@H]1C. The number of amides is 2. The van der Waals surface area contributed by atoms with Crippen LogP contribution in [0.4, 0.5) is 10.5 Å². The average molecular weight is 276 g/mol. The van der Waals surface area contributed by atoms with E-state index in [4.69, 9.17) is 4.74 Å². The third-order valence-electron chi connectivity index (χ3n) is 4.03. The van der Waals surface area contributed by atoms with Gasteiger partial charge in [-0.25, -0.2) is 4.79 Å². The standard InChI is InChI=1S/C16H24N2O2/c1-11-8-9-15(20-3)14(10-11)18-16(19)17-13-7-5-4-6-12(13)2/h8-10,12-13H,4-7H2,1-3H3,(H2,17,18,19)/t12-,13+/m0/s1. The largest absolute Gasteiger partial charge is 0.495 e. The summed E-state index contributed by atoms with van der Waals surface area (Å²) in [7, 11) is 1.61. The van der Waals surface area contributed by atoms with Crippen molar-refractivity contribution in [2.75, 3.05) is 12.4 Å². The number of hydrogen-bond acceptors (Lipinski definition) is 2. The number of benzene rings is 1. The molecule has 2 atom stereocenters. The van der Waals surface area contributed by atoms with E-state index in [-0.39, 0.29) is 12.1 Å². The minimum Gasteiger partial charge on any atom is -0.495 e. The molecule has 20 heavy (non-hydrogen) atoms. The molecule has 0 saturated heterocycles. The highest BCUT2D eigenvalue weighted by Gasteiger charge is 2.23. The fourth-order valence-electron chi connectivity index (χ4n) is 2.78. The smallest absolute Gasteiger partial charge is 0.319 e. The summed E-state index contributed by atoms with van der Waals surface area (Å²) in [5.41, 5.74) is 1.81. The molecule has 0 bridgehead atoms. The minimum atomic E-state index is -0.146. The van der Waals surface area contributed by atoms with Crippen LogP contribution in [0.5, 0.6) is 5.75 Å². The van der Waals surface area contributed by atoms with Crippen molar-refractivity contribution in [2.45, 2.75) is 45.6 Å². The first-order chi connectivity index (χ1) is 9.60. The second kappa shape index (κ2) is 6.64. The highest BCUT2D eigenvalue weighted by molar-refractivity contribution is 5.91. The second-order valence-electron chi connectivity index (χ2n) is 5.67. The summed E-state index contributed by atoms with van der Waals surface area (Å²) >= 11 is 0. The number of hydrogen-bond donors (Lipinski definition) is 2. The van der Waals surface area contributed by atoms with E-state index in [2.05, 4.69) is 17.6 Å². The van der Waals surface area contributed by atoms with Gasteiger partial charge in [-0.3, -0.25) is 0 Å². The molecular formula is C16H24N2O2. The van der Waals surface area contributed by atoms with Gasteiger partial charge in [0.2, 0.25) is 0 Å². The third kappa shape index (κ3) is 3.65. The van der Waals surface area contributed by atoms with Crippen molar-refractivity contribution < 1.29 is 9.53 Å². The lowest BCUT2D eigenvalue weighted by atomic mass is 9.86. The monoisotopic (exact) mass is 276 g/mol. The minimum absolute atomic E-state index is 0.146. The predicted molar refractivity (Wildman–Crippen MR) is 81.3 cm³/mol. The van der Waals surface area contributed by atoms with E-state index in [9.17, 15) is 4.79 Å². The number of rotatable bonds is 3. The van der Waals surface area contributed by atoms with Crippen LogP contribution in [0.1, 0.15) is 38.2 Å². The van der Waals surface area contributed by atoms with Gasteiger partial charge in [0.15, 0.2) is 0 Å². The molecule has 0 spiro atoms. The van der Waals surface area contributed by atoms with E-state index in [0.717, 1.165) is 12.0 Å². The molecule has 0 unspecified atom stereocenters. The number of ether oxygens (including phenoxy) is 1. The molecule has 1 fully saturated rings. The Bertz CT molecular complexity index is 474. The van der Waals surface area contributed by atoms with Crippen LogP contribution in [0.25, 0.3) is 0 Å². The van der Waals surface area contributed by atoms with E-state index in [1.807, 2.05) is 25.1 Å². The fraction of sp³-hybridized carbons (Fsp3) is 0.562. The number of anilines is 1. The van der Waals surface area contributed by atoms with Gasteiger partial charge < -0.3 is 15.4 Å². The maximum atomic E-state index is 12.1. The lowest BCUT2D eigenvalue weighted by Gasteiger charge is -2.29. The molecule has 2 N–H and O–H groups in total. The van der Waals surface area contributed by atoms with Gasteiger partial charge in [-0.05, 0) is 43.4 Å². The van der Waals surface area contributed by atoms with Crippen molar-refractivity contribution in [3.05, 3.63) is 23.8 Å². The summed E-state index contributed by atoms with van der Waals surface area (Å²) in [4.78, 5) is 12.1. The summed E-state index contributed by atoms with van der Waals surface area (Å²) in [6.45, 7) is 4.20. The Morgan fingerprint density at radius 1 is 1.30 bits per heavy atom. The molecule has 1 saturated carbocycles. The number of urea groups is 1. The van der Waals surface area contributed by atoms with Crippen molar-refractivity contribution in [1.29, 1.82) is 0 Å². The van der Waals surface area contributed by atoms with E-state index in [1.165, 1.54) is 19.3 Å². The predicted octanol–water partition coefficient (Wildman–Crippen LogP) is 3.70. The normalized spacial score (nSPS) is 22.1. The second-order valence-corrected chi connectivity index (χ2v) is 5.67. The first kappa shape index (κ1) is 14.7. The molecule has 1 aliphatic rings. The Hall–Kier alpha value is -1.71. The average Bonchev–Trinajstić information content (AvgIpc) is 2.41. The van der Waals surface area contributed by atoms with Crippen LogP contribution >= 0.6 is 0 Å². The Labute approximate surface area is 120 Å². The highest BCUT2D eigenvalue weighted by Crippen LogP contribution is 2.26. The van der Waals surface area contributed by atoms with Crippen LogP contribution in [-0.2, 0) is 0 Å². The third-order valence-corrected chi connectivity index (χ3v) is 4.03. The maximum Gasteiger partial charge on any atom is 0.319 e. The number of nitrogens with one attached hydrogen (secondary N) is 2. The molecule has 1 aliphatic carbocycles. The molecule has 0 aliphatic heterocycles. The molecule has 2 amide bonds. The van der Waals surface area contributed by atoms with Gasteiger partial charge in [0.1, 0.15) is 5.75 Å². The zero-order chi connectivity index (χ0) is 14.5. The number of carbonyl (C=O) groups excluding carboxylic acids is 1. The Kier molecular flexibility index (Phi) is 4.88. The van der Waals surface area contributed by atoms with Gasteiger partial charge in [-0.2, -0.15) is 0 Å². The fourth-order valence-corrected chi connectivity index (χ4v) is 2.78. The van der Waals surface area contributed by atoms with Crippen molar-refractivity contribution >= 4 is 11.7 Å². The topological polar surface area (TPSA) is 50.4 Å². The zero-order valence-corrected chi connectivity index (χ0v) is 12.5. The summed E-state index contributed by atoms with van der Waals surface area (Å²) in [5.74, 6) is 1.23. The molecule has 110 valence electrons. The number of carbonyl (C=O) groups is 1. The van der Waals surface area contributed by atoms with Gasteiger partial charge in [-0.1, -0.05) is 25.8 Å². The van der Waals surface area contributed by atoms with E-state index in [0.29, 0.717) is 17.4 Å². The zero-order valence-electron chi connectivity index (χ0n) is 12.5. The number of methoxy groups -OCH3 is 1.